The Morgan fingerprint density at radius 3 is 2.84 bits per heavy atom. The predicted molar refractivity (Wildman–Crippen MR) is 73.7 cm³/mol. The van der Waals surface area contributed by atoms with Crippen molar-refractivity contribution in [3.05, 3.63) is 47.5 Å². The minimum absolute atomic E-state index is 0.0804. The van der Waals surface area contributed by atoms with Crippen molar-refractivity contribution in [2.75, 3.05) is 0 Å². The van der Waals surface area contributed by atoms with Gasteiger partial charge in [0.25, 0.3) is 0 Å². The molecule has 0 unspecified atom stereocenters. The molecular weight excluding hydrogens is 240 g/mol. The van der Waals surface area contributed by atoms with Crippen LogP contribution in [0.5, 0.6) is 11.5 Å². The highest BCUT2D eigenvalue weighted by Gasteiger charge is 2.07. The number of hydrogen-bond acceptors (Lipinski definition) is 4. The standard InChI is InChI=1S/C14H16N4O/c1-3-11-13(5-4-9(2)18-11)19-10-6-7-17-12(8-10)14(15)16/h4-8H,3H2,1-2H3,(H3,15,16). The van der Waals surface area contributed by atoms with Gasteiger partial charge in [-0.25, -0.2) is 0 Å². The molecule has 0 fully saturated rings. The van der Waals surface area contributed by atoms with E-state index in [4.69, 9.17) is 15.9 Å². The van der Waals surface area contributed by atoms with Crippen LogP contribution in [0.4, 0.5) is 0 Å². The van der Waals surface area contributed by atoms with Gasteiger partial charge >= 0.3 is 0 Å². The van der Waals surface area contributed by atoms with Crippen molar-refractivity contribution in [3.8, 4) is 11.5 Å². The van der Waals surface area contributed by atoms with E-state index in [1.54, 1.807) is 18.3 Å². The van der Waals surface area contributed by atoms with E-state index in [1.165, 1.54) is 0 Å². The van der Waals surface area contributed by atoms with Gasteiger partial charge < -0.3 is 10.5 Å². The third-order valence-electron chi connectivity index (χ3n) is 2.64. The number of amidine groups is 1. The minimum atomic E-state index is -0.0804. The third kappa shape index (κ3) is 3.07. The molecule has 0 spiro atoms. The summed E-state index contributed by atoms with van der Waals surface area (Å²) in [5.41, 5.74) is 7.67. The number of rotatable bonds is 4. The van der Waals surface area contributed by atoms with Crippen molar-refractivity contribution in [2.45, 2.75) is 20.3 Å². The Morgan fingerprint density at radius 1 is 1.37 bits per heavy atom. The molecule has 98 valence electrons. The summed E-state index contributed by atoms with van der Waals surface area (Å²) >= 11 is 0. The normalized spacial score (nSPS) is 10.2. The van der Waals surface area contributed by atoms with Crippen molar-refractivity contribution in [3.63, 3.8) is 0 Å². The van der Waals surface area contributed by atoms with Gasteiger partial charge in [0.1, 0.15) is 23.0 Å². The average Bonchev–Trinajstić information content (AvgIpc) is 2.41. The van der Waals surface area contributed by atoms with Crippen LogP contribution in [0.15, 0.2) is 30.5 Å². The highest BCUT2D eigenvalue weighted by atomic mass is 16.5. The number of ether oxygens (including phenoxy) is 1. The first kappa shape index (κ1) is 13.0. The molecule has 0 amide bonds. The molecule has 0 bridgehead atoms. The molecule has 0 atom stereocenters. The number of hydrogen-bond donors (Lipinski definition) is 2. The van der Waals surface area contributed by atoms with Gasteiger partial charge in [-0.2, -0.15) is 0 Å². The highest BCUT2D eigenvalue weighted by Crippen LogP contribution is 2.25. The maximum absolute atomic E-state index is 7.37. The fourth-order valence-electron chi connectivity index (χ4n) is 1.69. The first-order valence-electron chi connectivity index (χ1n) is 6.05. The minimum Gasteiger partial charge on any atom is -0.455 e. The van der Waals surface area contributed by atoms with Crippen LogP contribution in [0.2, 0.25) is 0 Å². The maximum atomic E-state index is 7.37. The van der Waals surface area contributed by atoms with Crippen molar-refractivity contribution < 1.29 is 4.74 Å². The summed E-state index contributed by atoms with van der Waals surface area (Å²) in [6, 6.07) is 7.17. The molecule has 0 saturated heterocycles. The number of pyridine rings is 2. The first-order chi connectivity index (χ1) is 9.10. The van der Waals surface area contributed by atoms with Crippen LogP contribution in [0, 0.1) is 12.3 Å². The molecule has 5 heteroatoms. The molecule has 19 heavy (non-hydrogen) atoms. The van der Waals surface area contributed by atoms with E-state index in [1.807, 2.05) is 26.0 Å². The summed E-state index contributed by atoms with van der Waals surface area (Å²) in [5.74, 6) is 1.23. The quantitative estimate of drug-likeness (QED) is 0.650. The molecule has 0 aromatic carbocycles. The summed E-state index contributed by atoms with van der Waals surface area (Å²) in [7, 11) is 0. The first-order valence-corrected chi connectivity index (χ1v) is 6.05. The van der Waals surface area contributed by atoms with Crippen LogP contribution in [-0.2, 0) is 6.42 Å². The summed E-state index contributed by atoms with van der Waals surface area (Å²) < 4.78 is 5.79. The highest BCUT2D eigenvalue weighted by molar-refractivity contribution is 5.93. The molecule has 3 N–H and O–H groups in total. The molecule has 0 radical (unpaired) electrons. The van der Waals surface area contributed by atoms with Gasteiger partial charge in [-0.1, -0.05) is 6.92 Å². The Balaban J connectivity index is 2.30. The molecule has 2 aromatic rings. The third-order valence-corrected chi connectivity index (χ3v) is 2.64. The van der Waals surface area contributed by atoms with Crippen molar-refractivity contribution >= 4 is 5.84 Å². The van der Waals surface area contributed by atoms with E-state index in [0.29, 0.717) is 17.2 Å². The Kier molecular flexibility index (Phi) is 3.75. The lowest BCUT2D eigenvalue weighted by molar-refractivity contribution is 0.472. The maximum Gasteiger partial charge on any atom is 0.148 e. The van der Waals surface area contributed by atoms with E-state index < -0.39 is 0 Å². The Bertz CT molecular complexity index is 610. The zero-order valence-corrected chi connectivity index (χ0v) is 11.0. The van der Waals surface area contributed by atoms with Crippen molar-refractivity contribution in [2.24, 2.45) is 5.73 Å². The van der Waals surface area contributed by atoms with Crippen LogP contribution in [0.3, 0.4) is 0 Å². The monoisotopic (exact) mass is 256 g/mol. The summed E-state index contributed by atoms with van der Waals surface area (Å²) in [4.78, 5) is 8.43. The van der Waals surface area contributed by atoms with Gasteiger partial charge in [-0.05, 0) is 31.5 Å². The topological polar surface area (TPSA) is 84.9 Å². The smallest absolute Gasteiger partial charge is 0.148 e. The zero-order valence-electron chi connectivity index (χ0n) is 11.0. The lowest BCUT2D eigenvalue weighted by atomic mass is 10.2. The van der Waals surface area contributed by atoms with Crippen molar-refractivity contribution in [1.29, 1.82) is 5.41 Å². The summed E-state index contributed by atoms with van der Waals surface area (Å²) in [6.07, 6.45) is 2.36. The van der Waals surface area contributed by atoms with Gasteiger partial charge in [0.05, 0.1) is 5.69 Å². The van der Waals surface area contributed by atoms with Crippen LogP contribution < -0.4 is 10.5 Å². The van der Waals surface area contributed by atoms with Gasteiger partial charge in [-0.3, -0.25) is 15.4 Å². The number of aryl methyl sites for hydroxylation is 2. The molecule has 0 aliphatic carbocycles. The van der Waals surface area contributed by atoms with Gasteiger partial charge in [0.15, 0.2) is 0 Å². The van der Waals surface area contributed by atoms with E-state index in [9.17, 15) is 0 Å². The fourth-order valence-corrected chi connectivity index (χ4v) is 1.69. The van der Waals surface area contributed by atoms with E-state index in [-0.39, 0.29) is 5.84 Å². The largest absolute Gasteiger partial charge is 0.455 e. The summed E-state index contributed by atoms with van der Waals surface area (Å²) in [5, 5.41) is 7.37. The van der Waals surface area contributed by atoms with Gasteiger partial charge in [0, 0.05) is 18.0 Å². The number of nitrogens with two attached hydrogens (primary N) is 1. The second kappa shape index (κ2) is 5.48. The molecule has 5 nitrogen and oxygen atoms in total. The van der Waals surface area contributed by atoms with E-state index in [2.05, 4.69) is 9.97 Å². The Labute approximate surface area is 112 Å². The number of nitrogen functional groups attached to an aromatic ring is 1. The summed E-state index contributed by atoms with van der Waals surface area (Å²) in [6.45, 7) is 3.98. The van der Waals surface area contributed by atoms with Crippen LogP contribution in [0.1, 0.15) is 24.0 Å². The lowest BCUT2D eigenvalue weighted by Gasteiger charge is -2.10. The molecule has 2 aromatic heterocycles. The molecule has 2 rings (SSSR count). The van der Waals surface area contributed by atoms with Crippen molar-refractivity contribution in [1.82, 2.24) is 9.97 Å². The number of nitrogens with zero attached hydrogens (tertiary/aromatic N) is 2. The predicted octanol–water partition coefficient (Wildman–Crippen LogP) is 2.42. The molecule has 0 aliphatic heterocycles. The van der Waals surface area contributed by atoms with E-state index in [0.717, 1.165) is 17.8 Å². The van der Waals surface area contributed by atoms with Crippen LogP contribution >= 0.6 is 0 Å². The SMILES string of the molecule is CCc1nc(C)ccc1Oc1ccnc(C(=N)N)c1. The molecule has 0 saturated carbocycles. The van der Waals surface area contributed by atoms with Gasteiger partial charge in [0.2, 0.25) is 0 Å². The van der Waals surface area contributed by atoms with Crippen LogP contribution in [-0.4, -0.2) is 15.8 Å². The number of nitrogens with one attached hydrogen (secondary N) is 1. The molecular formula is C14H16N4O. The Morgan fingerprint density at radius 2 is 2.16 bits per heavy atom. The van der Waals surface area contributed by atoms with Gasteiger partial charge in [-0.15, -0.1) is 0 Å². The lowest BCUT2D eigenvalue weighted by Crippen LogP contribution is -2.12. The number of aromatic nitrogens is 2. The molecule has 2 heterocycles. The average molecular weight is 256 g/mol. The van der Waals surface area contributed by atoms with E-state index >= 15 is 0 Å². The zero-order chi connectivity index (χ0) is 13.8. The second-order valence-corrected chi connectivity index (χ2v) is 4.14. The second-order valence-electron chi connectivity index (χ2n) is 4.14. The molecule has 0 aliphatic rings. The fraction of sp³-hybridized carbons (Fsp3) is 0.214. The Hall–Kier alpha value is -2.43. The van der Waals surface area contributed by atoms with Crippen LogP contribution in [0.25, 0.3) is 0 Å².